The van der Waals surface area contributed by atoms with Crippen molar-refractivity contribution in [1.29, 1.82) is 0 Å². The maximum absolute atomic E-state index is 13.2. The van der Waals surface area contributed by atoms with E-state index in [4.69, 9.17) is 9.47 Å². The molecule has 184 valence electrons. The number of ether oxygens (including phenoxy) is 2. The van der Waals surface area contributed by atoms with Crippen LogP contribution in [0.25, 0.3) is 10.8 Å². The van der Waals surface area contributed by atoms with Crippen LogP contribution in [-0.2, 0) is 30.8 Å². The number of esters is 1. The number of fused-ring (bicyclic) bond motifs is 1. The Morgan fingerprint density at radius 1 is 0.971 bits per heavy atom. The van der Waals surface area contributed by atoms with E-state index in [0.29, 0.717) is 13.1 Å². The number of methoxy groups -OCH3 is 1. The summed E-state index contributed by atoms with van der Waals surface area (Å²) in [6.45, 7) is 0.424. The van der Waals surface area contributed by atoms with Gasteiger partial charge < -0.3 is 14.8 Å². The lowest BCUT2D eigenvalue weighted by molar-refractivity contribution is -0.146. The molecule has 0 aromatic heterocycles. The Hall–Kier alpha value is -3.43. The molecule has 1 saturated heterocycles. The van der Waals surface area contributed by atoms with Crippen molar-refractivity contribution in [2.24, 2.45) is 0 Å². The standard InChI is InChI=1S/C26H28N2O6S/c1-33-23-13-12-21(17-24(23)35(31,32)28-14-5-2-6-15-28)27-25(29)18-34-26(30)16-20-10-7-9-19-8-3-4-11-22(19)20/h3-4,7-13,17H,2,5-6,14-16,18H2,1H3,(H,27,29). The van der Waals surface area contributed by atoms with Gasteiger partial charge in [0.2, 0.25) is 10.0 Å². The van der Waals surface area contributed by atoms with Gasteiger partial charge in [0, 0.05) is 18.8 Å². The number of hydrogen-bond acceptors (Lipinski definition) is 6. The van der Waals surface area contributed by atoms with E-state index in [1.54, 1.807) is 6.07 Å². The molecule has 0 atom stereocenters. The number of benzene rings is 3. The van der Waals surface area contributed by atoms with Crippen LogP contribution in [-0.4, -0.2) is 51.4 Å². The number of nitrogens with one attached hydrogen (secondary N) is 1. The van der Waals surface area contributed by atoms with Gasteiger partial charge in [0.15, 0.2) is 6.61 Å². The summed E-state index contributed by atoms with van der Waals surface area (Å²) in [6.07, 6.45) is 2.65. The Balaban J connectivity index is 1.39. The van der Waals surface area contributed by atoms with Crippen LogP contribution < -0.4 is 10.1 Å². The normalized spacial score (nSPS) is 14.4. The highest BCUT2D eigenvalue weighted by Crippen LogP contribution is 2.31. The van der Waals surface area contributed by atoms with Crippen molar-refractivity contribution in [3.8, 4) is 5.75 Å². The van der Waals surface area contributed by atoms with Crippen molar-refractivity contribution in [3.05, 3.63) is 66.2 Å². The van der Waals surface area contributed by atoms with E-state index in [1.807, 2.05) is 42.5 Å². The van der Waals surface area contributed by atoms with E-state index in [9.17, 15) is 18.0 Å². The molecule has 1 N–H and O–H groups in total. The zero-order chi connectivity index (χ0) is 24.8. The molecule has 0 aliphatic carbocycles. The lowest BCUT2D eigenvalue weighted by Crippen LogP contribution is -2.35. The van der Waals surface area contributed by atoms with Crippen LogP contribution in [0.15, 0.2) is 65.6 Å². The van der Waals surface area contributed by atoms with Gasteiger partial charge in [-0.3, -0.25) is 9.59 Å². The Bertz CT molecular complexity index is 1330. The number of piperidine rings is 1. The van der Waals surface area contributed by atoms with Crippen LogP contribution in [0, 0.1) is 0 Å². The minimum Gasteiger partial charge on any atom is -0.495 e. The monoisotopic (exact) mass is 496 g/mol. The van der Waals surface area contributed by atoms with Gasteiger partial charge in [-0.25, -0.2) is 8.42 Å². The number of anilines is 1. The van der Waals surface area contributed by atoms with Crippen LogP contribution in [0.2, 0.25) is 0 Å². The third kappa shape index (κ3) is 5.80. The lowest BCUT2D eigenvalue weighted by atomic mass is 10.0. The molecule has 1 aliphatic heterocycles. The second-order valence-corrected chi connectivity index (χ2v) is 10.3. The van der Waals surface area contributed by atoms with Gasteiger partial charge in [0.05, 0.1) is 13.5 Å². The smallest absolute Gasteiger partial charge is 0.310 e. The van der Waals surface area contributed by atoms with Crippen molar-refractivity contribution in [3.63, 3.8) is 0 Å². The van der Waals surface area contributed by atoms with Crippen molar-refractivity contribution in [1.82, 2.24) is 4.31 Å². The zero-order valence-electron chi connectivity index (χ0n) is 19.5. The van der Waals surface area contributed by atoms with Crippen LogP contribution in [0.4, 0.5) is 5.69 Å². The number of rotatable bonds is 8. The van der Waals surface area contributed by atoms with Gasteiger partial charge in [-0.2, -0.15) is 4.31 Å². The molecule has 4 rings (SSSR count). The number of amides is 1. The van der Waals surface area contributed by atoms with Gasteiger partial charge in [0.1, 0.15) is 10.6 Å². The number of sulfonamides is 1. The molecule has 0 unspecified atom stereocenters. The minimum atomic E-state index is -3.77. The van der Waals surface area contributed by atoms with Crippen molar-refractivity contribution in [2.45, 2.75) is 30.6 Å². The van der Waals surface area contributed by atoms with Gasteiger partial charge >= 0.3 is 5.97 Å². The Labute approximate surface area is 204 Å². The number of nitrogens with zero attached hydrogens (tertiary/aromatic N) is 1. The molecular formula is C26H28N2O6S. The average Bonchev–Trinajstić information content (AvgIpc) is 2.88. The number of carbonyl (C=O) groups excluding carboxylic acids is 2. The Morgan fingerprint density at radius 3 is 2.49 bits per heavy atom. The molecule has 3 aromatic carbocycles. The van der Waals surface area contributed by atoms with Crippen LogP contribution >= 0.6 is 0 Å². The van der Waals surface area contributed by atoms with Crippen LogP contribution in [0.5, 0.6) is 5.75 Å². The summed E-state index contributed by atoms with van der Waals surface area (Å²) in [5, 5.41) is 4.58. The fourth-order valence-electron chi connectivity index (χ4n) is 4.20. The van der Waals surface area contributed by atoms with Crippen molar-refractivity contribution in [2.75, 3.05) is 32.1 Å². The Morgan fingerprint density at radius 2 is 1.71 bits per heavy atom. The molecule has 0 radical (unpaired) electrons. The van der Waals surface area contributed by atoms with Crippen LogP contribution in [0.1, 0.15) is 24.8 Å². The second-order valence-electron chi connectivity index (χ2n) is 8.35. The lowest BCUT2D eigenvalue weighted by Gasteiger charge is -2.26. The fourth-order valence-corrected chi connectivity index (χ4v) is 5.90. The maximum atomic E-state index is 13.2. The van der Waals surface area contributed by atoms with E-state index in [2.05, 4.69) is 5.32 Å². The number of hydrogen-bond donors (Lipinski definition) is 1. The molecule has 9 heteroatoms. The minimum absolute atomic E-state index is 0.00681. The predicted molar refractivity (Wildman–Crippen MR) is 133 cm³/mol. The molecular weight excluding hydrogens is 468 g/mol. The SMILES string of the molecule is COc1ccc(NC(=O)COC(=O)Cc2cccc3ccccc23)cc1S(=O)(=O)N1CCCCC1. The molecule has 1 fully saturated rings. The summed E-state index contributed by atoms with van der Waals surface area (Å²) in [5.41, 5.74) is 1.09. The van der Waals surface area contributed by atoms with E-state index < -0.39 is 28.5 Å². The van der Waals surface area contributed by atoms with Crippen molar-refractivity contribution < 1.29 is 27.5 Å². The quantitative estimate of drug-likeness (QED) is 0.477. The molecule has 1 aliphatic rings. The first-order valence-electron chi connectivity index (χ1n) is 11.5. The zero-order valence-corrected chi connectivity index (χ0v) is 20.3. The van der Waals surface area contributed by atoms with Gasteiger partial charge in [-0.15, -0.1) is 0 Å². The largest absolute Gasteiger partial charge is 0.495 e. The first-order valence-corrected chi connectivity index (χ1v) is 12.9. The van der Waals surface area contributed by atoms with E-state index in [-0.39, 0.29) is 22.8 Å². The number of carbonyl (C=O) groups is 2. The summed E-state index contributed by atoms with van der Waals surface area (Å²) in [4.78, 5) is 24.8. The molecule has 1 amide bonds. The van der Waals surface area contributed by atoms with Crippen molar-refractivity contribution >= 4 is 38.4 Å². The first-order chi connectivity index (χ1) is 16.9. The fraction of sp³-hybridized carbons (Fsp3) is 0.308. The molecule has 35 heavy (non-hydrogen) atoms. The van der Waals surface area contributed by atoms with E-state index >= 15 is 0 Å². The molecule has 3 aromatic rings. The summed E-state index contributed by atoms with van der Waals surface area (Å²) >= 11 is 0. The first kappa shape index (κ1) is 24.7. The average molecular weight is 497 g/mol. The highest BCUT2D eigenvalue weighted by atomic mass is 32.2. The summed E-state index contributed by atoms with van der Waals surface area (Å²) in [5.74, 6) is -0.891. The third-order valence-corrected chi connectivity index (χ3v) is 7.88. The van der Waals surface area contributed by atoms with Gasteiger partial charge in [0.25, 0.3) is 5.91 Å². The predicted octanol–water partition coefficient (Wildman–Crippen LogP) is 3.75. The summed E-state index contributed by atoms with van der Waals surface area (Å²) in [7, 11) is -2.37. The topological polar surface area (TPSA) is 102 Å². The Kier molecular flexibility index (Phi) is 7.67. The maximum Gasteiger partial charge on any atom is 0.310 e. The molecule has 1 heterocycles. The molecule has 0 saturated carbocycles. The molecule has 8 nitrogen and oxygen atoms in total. The van der Waals surface area contributed by atoms with E-state index in [1.165, 1.54) is 23.5 Å². The summed E-state index contributed by atoms with van der Waals surface area (Å²) < 4.78 is 38.2. The van der Waals surface area contributed by atoms with Gasteiger partial charge in [-0.1, -0.05) is 48.9 Å². The highest BCUT2D eigenvalue weighted by Gasteiger charge is 2.29. The second kappa shape index (κ2) is 10.9. The van der Waals surface area contributed by atoms with Gasteiger partial charge in [-0.05, 0) is 47.4 Å². The highest BCUT2D eigenvalue weighted by molar-refractivity contribution is 7.89. The van der Waals surface area contributed by atoms with E-state index in [0.717, 1.165) is 35.6 Å². The third-order valence-electron chi connectivity index (χ3n) is 5.96. The molecule has 0 bridgehead atoms. The summed E-state index contributed by atoms with van der Waals surface area (Å²) in [6, 6.07) is 17.8. The van der Waals surface area contributed by atoms with Crippen LogP contribution in [0.3, 0.4) is 0 Å². The molecule has 0 spiro atoms.